The average Bonchev–Trinajstić information content (AvgIpc) is 2.46. The Balaban J connectivity index is 2.85. The molecule has 4 nitrogen and oxygen atoms in total. The van der Waals surface area contributed by atoms with Crippen molar-refractivity contribution in [3.05, 3.63) is 35.9 Å². The van der Waals surface area contributed by atoms with Gasteiger partial charge in [-0.15, -0.1) is 0 Å². The number of aryl methyl sites for hydroxylation is 1. The van der Waals surface area contributed by atoms with Crippen LogP contribution >= 0.6 is 0 Å². The zero-order chi connectivity index (χ0) is 16.4. The molecule has 22 heavy (non-hydrogen) atoms. The number of esters is 2. The molecule has 0 aliphatic rings. The van der Waals surface area contributed by atoms with Crippen LogP contribution in [0.4, 0.5) is 0 Å². The first-order valence-corrected chi connectivity index (χ1v) is 7.90. The van der Waals surface area contributed by atoms with Crippen LogP contribution in [0.1, 0.15) is 52.0 Å². The van der Waals surface area contributed by atoms with Crippen molar-refractivity contribution in [3.8, 4) is 0 Å². The van der Waals surface area contributed by atoms with Crippen molar-refractivity contribution < 1.29 is 19.1 Å². The second kappa shape index (κ2) is 9.23. The van der Waals surface area contributed by atoms with Crippen LogP contribution in [0.2, 0.25) is 0 Å². The third-order valence-electron chi connectivity index (χ3n) is 3.55. The van der Waals surface area contributed by atoms with Crippen molar-refractivity contribution in [3.63, 3.8) is 0 Å². The van der Waals surface area contributed by atoms with Crippen molar-refractivity contribution >= 4 is 11.9 Å². The summed E-state index contributed by atoms with van der Waals surface area (Å²) < 4.78 is 10.6. The molecule has 0 radical (unpaired) electrons. The molecule has 0 fully saturated rings. The van der Waals surface area contributed by atoms with E-state index < -0.39 is 5.60 Å². The molecule has 0 N–H and O–H groups in total. The first kappa shape index (κ1) is 18.2. The highest BCUT2D eigenvalue weighted by molar-refractivity contribution is 5.72. The molecule has 0 aliphatic heterocycles. The highest BCUT2D eigenvalue weighted by Crippen LogP contribution is 2.29. The van der Waals surface area contributed by atoms with E-state index >= 15 is 0 Å². The monoisotopic (exact) mass is 306 g/mol. The summed E-state index contributed by atoms with van der Waals surface area (Å²) in [4.78, 5) is 23.4. The van der Waals surface area contributed by atoms with Crippen LogP contribution in [-0.2, 0) is 25.5 Å². The van der Waals surface area contributed by atoms with E-state index in [1.54, 1.807) is 6.92 Å². The topological polar surface area (TPSA) is 52.6 Å². The summed E-state index contributed by atoms with van der Waals surface area (Å²) in [7, 11) is 0. The van der Waals surface area contributed by atoms with E-state index in [1.165, 1.54) is 12.5 Å². The summed E-state index contributed by atoms with van der Waals surface area (Å²) in [5.74, 6) is -0.670. The van der Waals surface area contributed by atoms with Gasteiger partial charge in [0.1, 0.15) is 5.60 Å². The largest absolute Gasteiger partial charge is 0.466 e. The summed E-state index contributed by atoms with van der Waals surface area (Å²) in [6.07, 6.45) is 2.97. The summed E-state index contributed by atoms with van der Waals surface area (Å²) in [5.41, 5.74) is 0.391. The second-order valence-corrected chi connectivity index (χ2v) is 5.49. The van der Waals surface area contributed by atoms with Crippen LogP contribution in [0.3, 0.4) is 0 Å². The Labute approximate surface area is 132 Å². The molecule has 1 aromatic carbocycles. The lowest BCUT2D eigenvalue weighted by atomic mass is 9.87. The molecule has 0 saturated carbocycles. The lowest BCUT2D eigenvalue weighted by Gasteiger charge is -2.32. The Hall–Kier alpha value is -1.84. The van der Waals surface area contributed by atoms with Crippen molar-refractivity contribution in [2.75, 3.05) is 6.61 Å². The molecule has 1 rings (SSSR count). The van der Waals surface area contributed by atoms with E-state index in [0.29, 0.717) is 19.4 Å². The van der Waals surface area contributed by atoms with E-state index in [-0.39, 0.29) is 18.4 Å². The SMILES string of the molecule is CCCC(CCc1ccccc1)(CC(=O)OCC)OC(C)=O. The number of ether oxygens (including phenoxy) is 2. The van der Waals surface area contributed by atoms with Crippen molar-refractivity contribution in [2.45, 2.75) is 58.5 Å². The van der Waals surface area contributed by atoms with E-state index in [2.05, 4.69) is 0 Å². The smallest absolute Gasteiger partial charge is 0.309 e. The molecule has 4 heteroatoms. The number of hydrogen-bond donors (Lipinski definition) is 0. The maximum absolute atomic E-state index is 11.9. The summed E-state index contributed by atoms with van der Waals surface area (Å²) >= 11 is 0. The van der Waals surface area contributed by atoms with Gasteiger partial charge in [0.15, 0.2) is 0 Å². The Morgan fingerprint density at radius 1 is 1.09 bits per heavy atom. The highest BCUT2D eigenvalue weighted by Gasteiger charge is 2.35. The van der Waals surface area contributed by atoms with Crippen molar-refractivity contribution in [1.29, 1.82) is 0 Å². The van der Waals surface area contributed by atoms with E-state index in [9.17, 15) is 9.59 Å². The average molecular weight is 306 g/mol. The van der Waals surface area contributed by atoms with Crippen LogP contribution in [0.5, 0.6) is 0 Å². The van der Waals surface area contributed by atoms with Crippen LogP contribution in [0.25, 0.3) is 0 Å². The zero-order valence-electron chi connectivity index (χ0n) is 13.8. The molecular formula is C18H26O4. The van der Waals surface area contributed by atoms with Gasteiger partial charge in [-0.3, -0.25) is 9.59 Å². The third-order valence-corrected chi connectivity index (χ3v) is 3.55. The Morgan fingerprint density at radius 3 is 2.32 bits per heavy atom. The lowest BCUT2D eigenvalue weighted by Crippen LogP contribution is -2.38. The van der Waals surface area contributed by atoms with Crippen LogP contribution in [0.15, 0.2) is 30.3 Å². The zero-order valence-corrected chi connectivity index (χ0v) is 13.8. The molecule has 0 saturated heterocycles. The predicted molar refractivity (Wildman–Crippen MR) is 85.4 cm³/mol. The van der Waals surface area contributed by atoms with Gasteiger partial charge in [0.2, 0.25) is 0 Å². The molecular weight excluding hydrogens is 280 g/mol. The molecule has 0 bridgehead atoms. The number of rotatable bonds is 9. The van der Waals surface area contributed by atoms with Gasteiger partial charge >= 0.3 is 11.9 Å². The lowest BCUT2D eigenvalue weighted by molar-refractivity contribution is -0.166. The standard InChI is InChI=1S/C18H26O4/c1-4-12-18(22-15(3)19,14-17(20)21-5-2)13-11-16-9-7-6-8-10-16/h6-10H,4-5,11-14H2,1-3H3. The summed E-state index contributed by atoms with van der Waals surface area (Å²) in [6.45, 7) is 5.51. The van der Waals surface area contributed by atoms with E-state index in [1.807, 2.05) is 37.3 Å². The van der Waals surface area contributed by atoms with Gasteiger partial charge in [-0.25, -0.2) is 0 Å². The maximum atomic E-state index is 11.9. The van der Waals surface area contributed by atoms with Gasteiger partial charge in [-0.05, 0) is 31.7 Å². The Bertz CT molecular complexity index is 469. The van der Waals surface area contributed by atoms with Gasteiger partial charge < -0.3 is 9.47 Å². The molecule has 1 atom stereocenters. The number of carbonyl (C=O) groups is 2. The van der Waals surface area contributed by atoms with Gasteiger partial charge in [0.25, 0.3) is 0 Å². The number of hydrogen-bond acceptors (Lipinski definition) is 4. The van der Waals surface area contributed by atoms with Gasteiger partial charge in [-0.2, -0.15) is 0 Å². The molecule has 0 heterocycles. The fraction of sp³-hybridized carbons (Fsp3) is 0.556. The van der Waals surface area contributed by atoms with E-state index in [4.69, 9.17) is 9.47 Å². The minimum absolute atomic E-state index is 0.112. The Morgan fingerprint density at radius 2 is 1.77 bits per heavy atom. The minimum atomic E-state index is -0.775. The van der Waals surface area contributed by atoms with Crippen molar-refractivity contribution in [1.82, 2.24) is 0 Å². The second-order valence-electron chi connectivity index (χ2n) is 5.49. The van der Waals surface area contributed by atoms with E-state index in [0.717, 1.165) is 12.8 Å². The molecule has 1 aromatic rings. The first-order chi connectivity index (χ1) is 10.5. The predicted octanol–water partition coefficient (Wildman–Crippen LogP) is 3.67. The molecule has 122 valence electrons. The normalized spacial score (nSPS) is 13.2. The van der Waals surface area contributed by atoms with Crippen molar-refractivity contribution in [2.24, 2.45) is 0 Å². The minimum Gasteiger partial charge on any atom is -0.466 e. The first-order valence-electron chi connectivity index (χ1n) is 7.90. The third kappa shape index (κ3) is 6.29. The fourth-order valence-electron chi connectivity index (χ4n) is 2.69. The fourth-order valence-corrected chi connectivity index (χ4v) is 2.69. The van der Waals surface area contributed by atoms with Crippen LogP contribution in [0, 0.1) is 0 Å². The van der Waals surface area contributed by atoms with Gasteiger partial charge in [0, 0.05) is 6.92 Å². The Kier molecular flexibility index (Phi) is 7.64. The molecule has 0 aromatic heterocycles. The van der Waals surface area contributed by atoms with Crippen LogP contribution < -0.4 is 0 Å². The summed E-state index contributed by atoms with van der Waals surface area (Å²) in [6, 6.07) is 10.00. The molecule has 0 aliphatic carbocycles. The summed E-state index contributed by atoms with van der Waals surface area (Å²) in [5, 5.41) is 0. The maximum Gasteiger partial charge on any atom is 0.309 e. The number of carbonyl (C=O) groups excluding carboxylic acids is 2. The molecule has 0 amide bonds. The van der Waals surface area contributed by atoms with Gasteiger partial charge in [0.05, 0.1) is 13.0 Å². The number of benzene rings is 1. The van der Waals surface area contributed by atoms with Gasteiger partial charge in [-0.1, -0.05) is 43.7 Å². The highest BCUT2D eigenvalue weighted by atomic mass is 16.6. The van der Waals surface area contributed by atoms with Crippen LogP contribution in [-0.4, -0.2) is 24.1 Å². The molecule has 1 unspecified atom stereocenters. The quantitative estimate of drug-likeness (QED) is 0.653. The molecule has 0 spiro atoms.